The SMILES string of the molecule is C[C@@H](C(=O)Nc1ccc(N2CCOCC2)cc1)N1CCN(C(=O)[C@H]2COc3ccccc3O2)CC1. The topological polar surface area (TPSA) is 83.6 Å². The summed E-state index contributed by atoms with van der Waals surface area (Å²) in [6.07, 6.45) is -0.641. The Morgan fingerprint density at radius 2 is 1.60 bits per heavy atom. The lowest BCUT2D eigenvalue weighted by Crippen LogP contribution is -2.57. The van der Waals surface area contributed by atoms with E-state index in [1.54, 1.807) is 4.90 Å². The molecular weight excluding hydrogens is 448 g/mol. The van der Waals surface area contributed by atoms with Crippen LogP contribution in [0.15, 0.2) is 48.5 Å². The van der Waals surface area contributed by atoms with Crippen molar-refractivity contribution >= 4 is 23.2 Å². The number of para-hydroxylation sites is 2. The third-order valence-corrected chi connectivity index (χ3v) is 6.85. The van der Waals surface area contributed by atoms with Crippen molar-refractivity contribution in [3.8, 4) is 11.5 Å². The molecule has 5 rings (SSSR count). The molecule has 3 aliphatic heterocycles. The second kappa shape index (κ2) is 10.5. The third-order valence-electron chi connectivity index (χ3n) is 6.85. The Morgan fingerprint density at radius 3 is 2.31 bits per heavy atom. The van der Waals surface area contributed by atoms with Crippen LogP contribution in [0.3, 0.4) is 0 Å². The summed E-state index contributed by atoms with van der Waals surface area (Å²) in [6, 6.07) is 15.0. The Morgan fingerprint density at radius 1 is 0.914 bits per heavy atom. The molecule has 9 heteroatoms. The van der Waals surface area contributed by atoms with Crippen LogP contribution in [0.1, 0.15) is 6.92 Å². The lowest BCUT2D eigenvalue weighted by atomic mass is 10.2. The second-order valence-electron chi connectivity index (χ2n) is 9.04. The van der Waals surface area contributed by atoms with Crippen LogP contribution >= 0.6 is 0 Å². The van der Waals surface area contributed by atoms with Gasteiger partial charge in [0, 0.05) is 50.6 Å². The second-order valence-corrected chi connectivity index (χ2v) is 9.04. The highest BCUT2D eigenvalue weighted by molar-refractivity contribution is 5.94. The van der Waals surface area contributed by atoms with E-state index in [2.05, 4.69) is 15.1 Å². The van der Waals surface area contributed by atoms with E-state index >= 15 is 0 Å². The summed E-state index contributed by atoms with van der Waals surface area (Å²) in [5, 5.41) is 3.02. The minimum absolute atomic E-state index is 0.0514. The number of carbonyl (C=O) groups is 2. The molecule has 186 valence electrons. The van der Waals surface area contributed by atoms with Crippen LogP contribution in [0.2, 0.25) is 0 Å². The van der Waals surface area contributed by atoms with Gasteiger partial charge < -0.3 is 29.3 Å². The first-order valence-corrected chi connectivity index (χ1v) is 12.2. The summed E-state index contributed by atoms with van der Waals surface area (Å²) in [7, 11) is 0. The summed E-state index contributed by atoms with van der Waals surface area (Å²) in [4.78, 5) is 32.0. The standard InChI is InChI=1S/C26H32N4O5/c1-19(25(31)27-20-6-8-21(9-7-20)29-14-16-33-17-15-29)28-10-12-30(13-11-28)26(32)24-18-34-22-4-2-3-5-23(22)35-24/h2-9,19,24H,10-18H2,1H3,(H,27,31)/t19-,24+/m0/s1. The highest BCUT2D eigenvalue weighted by Gasteiger charge is 2.34. The Labute approximate surface area is 205 Å². The number of fused-ring (bicyclic) bond motifs is 1. The molecule has 2 amide bonds. The molecule has 0 radical (unpaired) electrons. The van der Waals surface area contributed by atoms with Gasteiger partial charge in [0.2, 0.25) is 12.0 Å². The number of nitrogens with zero attached hydrogens (tertiary/aromatic N) is 3. The first-order valence-electron chi connectivity index (χ1n) is 12.2. The molecule has 0 aromatic heterocycles. The fourth-order valence-electron chi connectivity index (χ4n) is 4.66. The van der Waals surface area contributed by atoms with E-state index in [1.807, 2.05) is 55.5 Å². The fraction of sp³-hybridized carbons (Fsp3) is 0.462. The summed E-state index contributed by atoms with van der Waals surface area (Å²) in [5.74, 6) is 1.14. The van der Waals surface area contributed by atoms with Gasteiger partial charge in [0.05, 0.1) is 19.3 Å². The van der Waals surface area contributed by atoms with E-state index in [0.29, 0.717) is 37.7 Å². The molecule has 0 saturated carbocycles. The van der Waals surface area contributed by atoms with E-state index in [-0.39, 0.29) is 24.5 Å². The zero-order chi connectivity index (χ0) is 24.2. The minimum Gasteiger partial charge on any atom is -0.485 e. The van der Waals surface area contributed by atoms with E-state index in [4.69, 9.17) is 14.2 Å². The number of piperazine rings is 1. The predicted octanol–water partition coefficient (Wildman–Crippen LogP) is 1.83. The highest BCUT2D eigenvalue weighted by Crippen LogP contribution is 2.31. The molecule has 0 unspecified atom stereocenters. The molecule has 2 aromatic carbocycles. The fourth-order valence-corrected chi connectivity index (χ4v) is 4.66. The van der Waals surface area contributed by atoms with Crippen molar-refractivity contribution in [3.05, 3.63) is 48.5 Å². The third kappa shape index (κ3) is 5.36. The number of morpholine rings is 1. The average molecular weight is 481 g/mol. The number of benzene rings is 2. The number of carbonyl (C=O) groups excluding carboxylic acids is 2. The molecule has 0 aliphatic carbocycles. The molecular formula is C26H32N4O5. The van der Waals surface area contributed by atoms with Crippen LogP contribution in [-0.4, -0.2) is 92.8 Å². The van der Waals surface area contributed by atoms with Gasteiger partial charge in [0.15, 0.2) is 11.5 Å². The molecule has 35 heavy (non-hydrogen) atoms. The zero-order valence-electron chi connectivity index (χ0n) is 20.0. The molecule has 2 aromatic rings. The maximum Gasteiger partial charge on any atom is 0.267 e. The van der Waals surface area contributed by atoms with E-state index in [9.17, 15) is 9.59 Å². The van der Waals surface area contributed by atoms with Crippen LogP contribution in [-0.2, 0) is 14.3 Å². The largest absolute Gasteiger partial charge is 0.485 e. The summed E-state index contributed by atoms with van der Waals surface area (Å²) in [6.45, 7) is 7.70. The quantitative estimate of drug-likeness (QED) is 0.699. The summed E-state index contributed by atoms with van der Waals surface area (Å²) >= 11 is 0. The monoisotopic (exact) mass is 480 g/mol. The van der Waals surface area contributed by atoms with Gasteiger partial charge in [0.1, 0.15) is 6.61 Å². The Bertz CT molecular complexity index is 1030. The van der Waals surface area contributed by atoms with Crippen LogP contribution in [0.5, 0.6) is 11.5 Å². The Kier molecular flexibility index (Phi) is 7.06. The van der Waals surface area contributed by atoms with Crippen LogP contribution in [0.4, 0.5) is 11.4 Å². The molecule has 2 fully saturated rings. The molecule has 0 bridgehead atoms. The summed E-state index contributed by atoms with van der Waals surface area (Å²) < 4.78 is 17.0. The Balaban J connectivity index is 1.10. The van der Waals surface area contributed by atoms with Crippen LogP contribution < -0.4 is 19.7 Å². The maximum absolute atomic E-state index is 13.0. The maximum atomic E-state index is 13.0. The van der Waals surface area contributed by atoms with Crippen molar-refractivity contribution in [2.24, 2.45) is 0 Å². The number of anilines is 2. The lowest BCUT2D eigenvalue weighted by molar-refractivity contribution is -0.143. The normalized spacial score (nSPS) is 21.3. The van der Waals surface area contributed by atoms with Crippen molar-refractivity contribution in [2.45, 2.75) is 19.1 Å². The van der Waals surface area contributed by atoms with Gasteiger partial charge in [-0.05, 0) is 43.3 Å². The molecule has 1 N–H and O–H groups in total. The van der Waals surface area contributed by atoms with Crippen molar-refractivity contribution in [1.29, 1.82) is 0 Å². The van der Waals surface area contributed by atoms with Crippen molar-refractivity contribution in [1.82, 2.24) is 9.80 Å². The van der Waals surface area contributed by atoms with Gasteiger partial charge in [-0.25, -0.2) is 0 Å². The van der Waals surface area contributed by atoms with Crippen molar-refractivity contribution in [2.75, 3.05) is 69.3 Å². The zero-order valence-corrected chi connectivity index (χ0v) is 20.0. The van der Waals surface area contributed by atoms with Crippen LogP contribution in [0, 0.1) is 0 Å². The van der Waals surface area contributed by atoms with Gasteiger partial charge in [-0.15, -0.1) is 0 Å². The van der Waals surface area contributed by atoms with Crippen molar-refractivity contribution in [3.63, 3.8) is 0 Å². The van der Waals surface area contributed by atoms with E-state index in [1.165, 1.54) is 0 Å². The smallest absolute Gasteiger partial charge is 0.267 e. The number of rotatable bonds is 5. The molecule has 2 saturated heterocycles. The van der Waals surface area contributed by atoms with Gasteiger partial charge in [-0.1, -0.05) is 12.1 Å². The van der Waals surface area contributed by atoms with Crippen molar-refractivity contribution < 1.29 is 23.8 Å². The molecule has 3 aliphatic rings. The number of nitrogens with one attached hydrogen (secondary N) is 1. The number of hydrogen-bond donors (Lipinski definition) is 1. The average Bonchev–Trinajstić information content (AvgIpc) is 2.93. The molecule has 9 nitrogen and oxygen atoms in total. The first-order chi connectivity index (χ1) is 17.1. The predicted molar refractivity (Wildman–Crippen MR) is 132 cm³/mol. The van der Waals surface area contributed by atoms with Gasteiger partial charge in [-0.3, -0.25) is 14.5 Å². The lowest BCUT2D eigenvalue weighted by Gasteiger charge is -2.39. The minimum atomic E-state index is -0.641. The molecule has 2 atom stereocenters. The van der Waals surface area contributed by atoms with Gasteiger partial charge in [-0.2, -0.15) is 0 Å². The number of hydrogen-bond acceptors (Lipinski definition) is 7. The number of ether oxygens (including phenoxy) is 3. The highest BCUT2D eigenvalue weighted by atomic mass is 16.6. The van der Waals surface area contributed by atoms with Gasteiger partial charge >= 0.3 is 0 Å². The molecule has 0 spiro atoms. The van der Waals surface area contributed by atoms with E-state index < -0.39 is 6.10 Å². The Hall–Kier alpha value is -3.30. The first kappa shape index (κ1) is 23.4. The van der Waals surface area contributed by atoms with E-state index in [0.717, 1.165) is 37.7 Å². The number of amides is 2. The van der Waals surface area contributed by atoms with Gasteiger partial charge in [0.25, 0.3) is 5.91 Å². The summed E-state index contributed by atoms with van der Waals surface area (Å²) in [5.41, 5.74) is 1.92. The molecule has 3 heterocycles. The van der Waals surface area contributed by atoms with Crippen LogP contribution in [0.25, 0.3) is 0 Å².